The first-order valence-corrected chi connectivity index (χ1v) is 4.26. The molecule has 0 spiro atoms. The molecule has 0 atom stereocenters. The second kappa shape index (κ2) is 3.87. The SMILES string of the molecule is Cc1cnccc1NCc1ncon1. The summed E-state index contributed by atoms with van der Waals surface area (Å²) in [5, 5.41) is 6.89. The van der Waals surface area contributed by atoms with E-state index in [4.69, 9.17) is 0 Å². The van der Waals surface area contributed by atoms with Gasteiger partial charge >= 0.3 is 0 Å². The Hall–Kier alpha value is -1.91. The maximum atomic E-state index is 4.62. The molecule has 0 radical (unpaired) electrons. The van der Waals surface area contributed by atoms with Crippen LogP contribution in [-0.4, -0.2) is 15.1 Å². The first-order valence-electron chi connectivity index (χ1n) is 4.26. The van der Waals surface area contributed by atoms with Crippen molar-refractivity contribution in [3.8, 4) is 0 Å². The van der Waals surface area contributed by atoms with Gasteiger partial charge in [0.2, 0.25) is 6.39 Å². The number of hydrogen-bond acceptors (Lipinski definition) is 5. The molecular weight excluding hydrogens is 180 g/mol. The monoisotopic (exact) mass is 190 g/mol. The average molecular weight is 190 g/mol. The number of anilines is 1. The molecule has 0 aliphatic heterocycles. The van der Waals surface area contributed by atoms with E-state index in [-0.39, 0.29) is 0 Å². The van der Waals surface area contributed by atoms with E-state index < -0.39 is 0 Å². The zero-order valence-electron chi connectivity index (χ0n) is 7.77. The van der Waals surface area contributed by atoms with Crippen molar-refractivity contribution in [1.82, 2.24) is 15.1 Å². The van der Waals surface area contributed by atoms with Crippen LogP contribution in [0.15, 0.2) is 29.4 Å². The van der Waals surface area contributed by atoms with Gasteiger partial charge in [-0.05, 0) is 18.6 Å². The molecule has 2 aromatic heterocycles. The Morgan fingerprint density at radius 3 is 3.14 bits per heavy atom. The maximum absolute atomic E-state index is 4.62. The standard InChI is InChI=1S/C9H10N4O/c1-7-4-10-3-2-8(7)11-5-9-12-6-14-13-9/h2-4,6H,5H2,1H3,(H,10,11). The third kappa shape index (κ3) is 1.87. The van der Waals surface area contributed by atoms with Crippen LogP contribution in [0.1, 0.15) is 11.4 Å². The highest BCUT2D eigenvalue weighted by atomic mass is 16.5. The van der Waals surface area contributed by atoms with Gasteiger partial charge in [-0.25, -0.2) is 0 Å². The van der Waals surface area contributed by atoms with Gasteiger partial charge in [-0.15, -0.1) is 0 Å². The molecule has 72 valence electrons. The maximum Gasteiger partial charge on any atom is 0.213 e. The van der Waals surface area contributed by atoms with Crippen molar-refractivity contribution in [2.24, 2.45) is 0 Å². The quantitative estimate of drug-likeness (QED) is 0.792. The molecule has 1 N–H and O–H groups in total. The first-order chi connectivity index (χ1) is 6.86. The van der Waals surface area contributed by atoms with Crippen molar-refractivity contribution in [2.45, 2.75) is 13.5 Å². The number of rotatable bonds is 3. The molecule has 0 aliphatic rings. The Bertz CT molecular complexity index is 399. The highest BCUT2D eigenvalue weighted by molar-refractivity contribution is 5.48. The lowest BCUT2D eigenvalue weighted by Crippen LogP contribution is -2.02. The molecular formula is C9H10N4O. The van der Waals surface area contributed by atoms with E-state index in [2.05, 4.69) is 25.0 Å². The second-order valence-corrected chi connectivity index (χ2v) is 2.89. The number of nitrogens with zero attached hydrogens (tertiary/aromatic N) is 3. The van der Waals surface area contributed by atoms with Crippen LogP contribution in [0, 0.1) is 6.92 Å². The Morgan fingerprint density at radius 1 is 1.50 bits per heavy atom. The molecule has 0 unspecified atom stereocenters. The highest BCUT2D eigenvalue weighted by Gasteiger charge is 1.99. The minimum absolute atomic E-state index is 0.557. The first kappa shape index (κ1) is 8.68. The third-order valence-corrected chi connectivity index (χ3v) is 1.86. The summed E-state index contributed by atoms with van der Waals surface area (Å²) in [7, 11) is 0. The average Bonchev–Trinajstić information content (AvgIpc) is 2.69. The molecule has 0 saturated carbocycles. The minimum Gasteiger partial charge on any atom is -0.377 e. The number of aryl methyl sites for hydroxylation is 1. The van der Waals surface area contributed by atoms with Crippen LogP contribution < -0.4 is 5.32 Å². The molecule has 2 heterocycles. The molecule has 5 nitrogen and oxygen atoms in total. The number of hydrogen-bond donors (Lipinski definition) is 1. The fourth-order valence-electron chi connectivity index (χ4n) is 1.12. The van der Waals surface area contributed by atoms with Crippen molar-refractivity contribution < 1.29 is 4.52 Å². The van der Waals surface area contributed by atoms with Gasteiger partial charge in [0.1, 0.15) is 0 Å². The fraction of sp³-hybridized carbons (Fsp3) is 0.222. The summed E-state index contributed by atoms with van der Waals surface area (Å²) in [6.07, 6.45) is 4.86. The molecule has 0 amide bonds. The summed E-state index contributed by atoms with van der Waals surface area (Å²) >= 11 is 0. The lowest BCUT2D eigenvalue weighted by Gasteiger charge is -2.05. The zero-order chi connectivity index (χ0) is 9.80. The molecule has 0 aromatic carbocycles. The van der Waals surface area contributed by atoms with Crippen molar-refractivity contribution in [2.75, 3.05) is 5.32 Å². The largest absolute Gasteiger partial charge is 0.377 e. The van der Waals surface area contributed by atoms with E-state index in [0.717, 1.165) is 11.3 Å². The van der Waals surface area contributed by atoms with Crippen LogP contribution >= 0.6 is 0 Å². The summed E-state index contributed by atoms with van der Waals surface area (Å²) in [4.78, 5) is 7.91. The molecule has 0 aliphatic carbocycles. The molecule has 0 saturated heterocycles. The predicted octanol–water partition coefficient (Wildman–Crippen LogP) is 1.39. The van der Waals surface area contributed by atoms with Crippen LogP contribution in [-0.2, 0) is 6.54 Å². The van der Waals surface area contributed by atoms with Gasteiger partial charge in [-0.2, -0.15) is 4.98 Å². The number of pyridine rings is 1. The van der Waals surface area contributed by atoms with Crippen molar-refractivity contribution in [3.05, 3.63) is 36.2 Å². The fourth-order valence-corrected chi connectivity index (χ4v) is 1.12. The lowest BCUT2D eigenvalue weighted by molar-refractivity contribution is 0.411. The molecule has 0 fully saturated rings. The highest BCUT2D eigenvalue weighted by Crippen LogP contribution is 2.11. The predicted molar refractivity (Wildman–Crippen MR) is 50.6 cm³/mol. The zero-order valence-corrected chi connectivity index (χ0v) is 7.77. The summed E-state index contributed by atoms with van der Waals surface area (Å²) in [6, 6.07) is 1.91. The van der Waals surface area contributed by atoms with Gasteiger partial charge in [0.25, 0.3) is 0 Å². The Balaban J connectivity index is 2.02. The van der Waals surface area contributed by atoms with Gasteiger partial charge < -0.3 is 9.84 Å². The second-order valence-electron chi connectivity index (χ2n) is 2.89. The van der Waals surface area contributed by atoms with Crippen molar-refractivity contribution in [3.63, 3.8) is 0 Å². The van der Waals surface area contributed by atoms with Crippen molar-refractivity contribution in [1.29, 1.82) is 0 Å². The summed E-state index contributed by atoms with van der Waals surface area (Å²) in [6.45, 7) is 2.55. The molecule has 0 bridgehead atoms. The van der Waals surface area contributed by atoms with E-state index in [0.29, 0.717) is 12.4 Å². The van der Waals surface area contributed by atoms with Crippen LogP contribution in [0.2, 0.25) is 0 Å². The van der Waals surface area contributed by atoms with E-state index in [1.165, 1.54) is 6.39 Å². The minimum atomic E-state index is 0.557. The Labute approximate surface area is 81.2 Å². The summed E-state index contributed by atoms with van der Waals surface area (Å²) < 4.78 is 4.62. The van der Waals surface area contributed by atoms with Crippen LogP contribution in [0.3, 0.4) is 0 Å². The van der Waals surface area contributed by atoms with E-state index in [1.807, 2.05) is 13.0 Å². The van der Waals surface area contributed by atoms with Gasteiger partial charge in [0, 0.05) is 18.1 Å². The Morgan fingerprint density at radius 2 is 2.43 bits per heavy atom. The molecule has 2 aromatic rings. The van der Waals surface area contributed by atoms with E-state index >= 15 is 0 Å². The van der Waals surface area contributed by atoms with Crippen LogP contribution in [0.4, 0.5) is 5.69 Å². The normalized spacial score (nSPS) is 10.1. The topological polar surface area (TPSA) is 63.8 Å². The van der Waals surface area contributed by atoms with Gasteiger partial charge in [-0.1, -0.05) is 5.16 Å². The summed E-state index contributed by atoms with van der Waals surface area (Å²) in [5.74, 6) is 0.640. The van der Waals surface area contributed by atoms with Crippen molar-refractivity contribution >= 4 is 5.69 Å². The molecule has 5 heteroatoms. The van der Waals surface area contributed by atoms with Gasteiger partial charge in [0.15, 0.2) is 5.82 Å². The number of nitrogens with one attached hydrogen (secondary N) is 1. The number of aromatic nitrogens is 3. The van der Waals surface area contributed by atoms with Gasteiger partial charge in [-0.3, -0.25) is 4.98 Å². The lowest BCUT2D eigenvalue weighted by atomic mass is 10.2. The molecule has 2 rings (SSSR count). The van der Waals surface area contributed by atoms with Crippen LogP contribution in [0.25, 0.3) is 0 Å². The van der Waals surface area contributed by atoms with E-state index in [1.54, 1.807) is 12.4 Å². The smallest absolute Gasteiger partial charge is 0.213 e. The van der Waals surface area contributed by atoms with Crippen LogP contribution in [0.5, 0.6) is 0 Å². The van der Waals surface area contributed by atoms with Gasteiger partial charge in [0.05, 0.1) is 6.54 Å². The summed E-state index contributed by atoms with van der Waals surface area (Å²) in [5.41, 5.74) is 2.13. The van der Waals surface area contributed by atoms with E-state index in [9.17, 15) is 0 Å². The molecule has 14 heavy (non-hydrogen) atoms. The Kier molecular flexibility index (Phi) is 2.40. The third-order valence-electron chi connectivity index (χ3n) is 1.86.